The second-order valence-corrected chi connectivity index (χ2v) is 2.60. The summed E-state index contributed by atoms with van der Waals surface area (Å²) in [7, 11) is 0. The van der Waals surface area contributed by atoms with Gasteiger partial charge in [0, 0.05) is 19.5 Å². The Balaban J connectivity index is 4.01. The van der Waals surface area contributed by atoms with Crippen molar-refractivity contribution in [3.63, 3.8) is 0 Å². The van der Waals surface area contributed by atoms with Crippen LogP contribution in [0.5, 0.6) is 0 Å². The van der Waals surface area contributed by atoms with Crippen LogP contribution >= 0.6 is 0 Å². The molecule has 0 unspecified atom stereocenters. The van der Waals surface area contributed by atoms with Crippen LogP contribution in [0, 0.1) is 0 Å². The number of hydrogen-bond acceptors (Lipinski definition) is 3. The topological polar surface area (TPSA) is 84.2 Å². The molecule has 0 aromatic rings. The molecule has 0 heterocycles. The summed E-state index contributed by atoms with van der Waals surface area (Å²) in [5.41, 5.74) is 5.33. The smallest absolute Gasteiger partial charge is 0.243 e. The summed E-state index contributed by atoms with van der Waals surface area (Å²) in [6.07, 6.45) is 0.357. The van der Waals surface area contributed by atoms with Gasteiger partial charge in [-0.15, -0.1) is 0 Å². The van der Waals surface area contributed by atoms with Crippen LogP contribution in [-0.2, 0) is 9.59 Å². The summed E-state index contributed by atoms with van der Waals surface area (Å²) in [5, 5.41) is 5.12. The molecule has 0 radical (unpaired) electrons. The molecule has 0 rings (SSSR count). The van der Waals surface area contributed by atoms with Crippen molar-refractivity contribution in [2.75, 3.05) is 13.1 Å². The van der Waals surface area contributed by atoms with Crippen molar-refractivity contribution >= 4 is 11.8 Å². The molecule has 0 aliphatic heterocycles. The van der Waals surface area contributed by atoms with Crippen molar-refractivity contribution < 1.29 is 9.59 Å². The molecule has 76 valence electrons. The fourth-order valence-electron chi connectivity index (χ4n) is 0.825. The highest BCUT2D eigenvalue weighted by atomic mass is 16.2. The van der Waals surface area contributed by atoms with Gasteiger partial charge in [-0.25, -0.2) is 0 Å². The zero-order valence-electron chi connectivity index (χ0n) is 8.09. The van der Waals surface area contributed by atoms with Gasteiger partial charge in [0.15, 0.2) is 0 Å². The first-order valence-electron chi connectivity index (χ1n) is 4.42. The SMILES string of the molecule is CCNC(=O)[C@H](CN)NC(=O)CC. The minimum Gasteiger partial charge on any atom is -0.355 e. The molecule has 0 bridgehead atoms. The van der Waals surface area contributed by atoms with Crippen molar-refractivity contribution in [2.24, 2.45) is 5.73 Å². The normalized spacial score (nSPS) is 11.9. The Bertz CT molecular complexity index is 182. The number of hydrogen-bond donors (Lipinski definition) is 3. The second-order valence-electron chi connectivity index (χ2n) is 2.60. The van der Waals surface area contributed by atoms with Crippen molar-refractivity contribution in [1.82, 2.24) is 10.6 Å². The average molecular weight is 187 g/mol. The van der Waals surface area contributed by atoms with E-state index in [9.17, 15) is 9.59 Å². The van der Waals surface area contributed by atoms with Crippen LogP contribution in [0.15, 0.2) is 0 Å². The summed E-state index contributed by atoms with van der Waals surface area (Å²) in [5.74, 6) is -0.395. The number of nitrogens with two attached hydrogens (primary N) is 1. The Morgan fingerprint density at radius 1 is 1.38 bits per heavy atom. The lowest BCUT2D eigenvalue weighted by molar-refractivity contribution is -0.128. The molecule has 0 saturated carbocycles. The Labute approximate surface area is 78.1 Å². The molecule has 4 N–H and O–H groups in total. The van der Waals surface area contributed by atoms with Crippen molar-refractivity contribution in [3.05, 3.63) is 0 Å². The zero-order chi connectivity index (χ0) is 10.3. The average Bonchev–Trinajstić information content (AvgIpc) is 2.14. The Morgan fingerprint density at radius 2 is 2.00 bits per heavy atom. The van der Waals surface area contributed by atoms with E-state index in [0.29, 0.717) is 13.0 Å². The molecule has 0 aliphatic rings. The van der Waals surface area contributed by atoms with E-state index < -0.39 is 6.04 Å². The Hall–Kier alpha value is -1.10. The van der Waals surface area contributed by atoms with E-state index in [1.807, 2.05) is 6.92 Å². The van der Waals surface area contributed by atoms with Crippen LogP contribution in [0.25, 0.3) is 0 Å². The first kappa shape index (κ1) is 11.9. The lowest BCUT2D eigenvalue weighted by Gasteiger charge is -2.15. The fraction of sp³-hybridized carbons (Fsp3) is 0.750. The van der Waals surface area contributed by atoms with E-state index in [4.69, 9.17) is 5.73 Å². The van der Waals surface area contributed by atoms with Gasteiger partial charge in [0.1, 0.15) is 6.04 Å². The molecule has 5 heteroatoms. The van der Waals surface area contributed by atoms with Crippen LogP contribution in [0.4, 0.5) is 0 Å². The second kappa shape index (κ2) is 6.42. The number of carbonyl (C=O) groups excluding carboxylic acids is 2. The van der Waals surface area contributed by atoms with E-state index in [0.717, 1.165) is 0 Å². The third kappa shape index (κ3) is 4.47. The molecule has 0 aromatic carbocycles. The molecule has 0 fully saturated rings. The van der Waals surface area contributed by atoms with Gasteiger partial charge in [0.2, 0.25) is 11.8 Å². The first-order valence-corrected chi connectivity index (χ1v) is 4.42. The van der Waals surface area contributed by atoms with Gasteiger partial charge >= 0.3 is 0 Å². The molecule has 2 amide bonds. The van der Waals surface area contributed by atoms with Crippen LogP contribution < -0.4 is 16.4 Å². The van der Waals surface area contributed by atoms with Crippen LogP contribution in [0.2, 0.25) is 0 Å². The van der Waals surface area contributed by atoms with E-state index in [-0.39, 0.29) is 18.4 Å². The van der Waals surface area contributed by atoms with Crippen molar-refractivity contribution in [1.29, 1.82) is 0 Å². The van der Waals surface area contributed by atoms with E-state index in [1.165, 1.54) is 0 Å². The standard InChI is InChI=1S/C8H17N3O2/c1-3-7(12)11-6(5-9)8(13)10-4-2/h6H,3-5,9H2,1-2H3,(H,10,13)(H,11,12)/t6-/m0/s1. The Kier molecular flexibility index (Phi) is 5.88. The van der Waals surface area contributed by atoms with Crippen LogP contribution in [-0.4, -0.2) is 30.9 Å². The molecule has 0 spiro atoms. The van der Waals surface area contributed by atoms with Gasteiger partial charge in [0.05, 0.1) is 0 Å². The minimum absolute atomic E-state index is 0.123. The predicted molar refractivity (Wildman–Crippen MR) is 50.0 cm³/mol. The molecule has 0 saturated heterocycles. The van der Waals surface area contributed by atoms with Gasteiger partial charge in [0.25, 0.3) is 0 Å². The number of carbonyl (C=O) groups is 2. The first-order chi connectivity index (χ1) is 6.15. The molecular weight excluding hydrogens is 170 g/mol. The molecule has 1 atom stereocenters. The van der Waals surface area contributed by atoms with Gasteiger partial charge in [-0.2, -0.15) is 0 Å². The molecule has 5 nitrogen and oxygen atoms in total. The van der Waals surface area contributed by atoms with Gasteiger partial charge < -0.3 is 16.4 Å². The molecule has 0 aliphatic carbocycles. The summed E-state index contributed by atoms with van der Waals surface area (Å²) in [4.78, 5) is 22.2. The highest BCUT2D eigenvalue weighted by Gasteiger charge is 2.16. The molecule has 13 heavy (non-hydrogen) atoms. The highest BCUT2D eigenvalue weighted by Crippen LogP contribution is 1.84. The monoisotopic (exact) mass is 187 g/mol. The van der Waals surface area contributed by atoms with Crippen LogP contribution in [0.3, 0.4) is 0 Å². The lowest BCUT2D eigenvalue weighted by Crippen LogP contribution is -2.50. The minimum atomic E-state index is -0.604. The maximum Gasteiger partial charge on any atom is 0.243 e. The third-order valence-corrected chi connectivity index (χ3v) is 1.56. The van der Waals surface area contributed by atoms with E-state index in [1.54, 1.807) is 6.92 Å². The highest BCUT2D eigenvalue weighted by molar-refractivity contribution is 5.87. The quantitative estimate of drug-likeness (QED) is 0.515. The lowest BCUT2D eigenvalue weighted by atomic mass is 10.2. The van der Waals surface area contributed by atoms with Crippen molar-refractivity contribution in [2.45, 2.75) is 26.3 Å². The summed E-state index contributed by atoms with van der Waals surface area (Å²) in [6, 6.07) is -0.604. The maximum absolute atomic E-state index is 11.2. The molecule has 0 aromatic heterocycles. The van der Waals surface area contributed by atoms with E-state index >= 15 is 0 Å². The van der Waals surface area contributed by atoms with Gasteiger partial charge in [-0.1, -0.05) is 6.92 Å². The summed E-state index contributed by atoms with van der Waals surface area (Å²) >= 11 is 0. The fourth-order valence-corrected chi connectivity index (χ4v) is 0.825. The number of nitrogens with one attached hydrogen (secondary N) is 2. The van der Waals surface area contributed by atoms with Crippen LogP contribution in [0.1, 0.15) is 20.3 Å². The maximum atomic E-state index is 11.2. The number of rotatable bonds is 5. The summed E-state index contributed by atoms with van der Waals surface area (Å²) < 4.78 is 0. The Morgan fingerprint density at radius 3 is 2.38 bits per heavy atom. The largest absolute Gasteiger partial charge is 0.355 e. The number of likely N-dealkylation sites (N-methyl/N-ethyl adjacent to an activating group) is 1. The van der Waals surface area contributed by atoms with E-state index in [2.05, 4.69) is 10.6 Å². The van der Waals surface area contributed by atoms with Gasteiger partial charge in [-0.3, -0.25) is 9.59 Å². The number of amides is 2. The van der Waals surface area contributed by atoms with Crippen molar-refractivity contribution in [3.8, 4) is 0 Å². The summed E-state index contributed by atoms with van der Waals surface area (Å²) in [6.45, 7) is 4.20. The molecular formula is C8H17N3O2. The predicted octanol–water partition coefficient (Wildman–Crippen LogP) is -1.02. The zero-order valence-corrected chi connectivity index (χ0v) is 8.09. The third-order valence-electron chi connectivity index (χ3n) is 1.56. The van der Waals surface area contributed by atoms with Gasteiger partial charge in [-0.05, 0) is 6.92 Å².